The molecule has 0 saturated heterocycles. The van der Waals surface area contributed by atoms with Crippen molar-refractivity contribution >= 4 is 50.1 Å². The quantitative estimate of drug-likeness (QED) is 0.223. The molecular formula is C23H20BrN5OS2. The van der Waals surface area contributed by atoms with Crippen molar-refractivity contribution < 1.29 is 4.79 Å². The van der Waals surface area contributed by atoms with Gasteiger partial charge in [-0.2, -0.15) is 0 Å². The van der Waals surface area contributed by atoms with Gasteiger partial charge >= 0.3 is 0 Å². The summed E-state index contributed by atoms with van der Waals surface area (Å²) in [6, 6.07) is 16.0. The number of rotatable bonds is 8. The summed E-state index contributed by atoms with van der Waals surface area (Å²) in [6.07, 6.45) is 1.80. The molecule has 0 spiro atoms. The SMILES string of the molecule is C=CCn1c(SCC(=O)Nc2nc(-c3ccc(Br)cc3)cs2)nnc1-c1cccc(C)c1. The average Bonchev–Trinajstić information content (AvgIpc) is 3.40. The number of carbonyl (C=O) groups is 1. The normalized spacial score (nSPS) is 10.8. The molecule has 9 heteroatoms. The lowest BCUT2D eigenvalue weighted by Gasteiger charge is -2.08. The first-order valence-electron chi connectivity index (χ1n) is 9.79. The van der Waals surface area contributed by atoms with Crippen LogP contribution in [0.4, 0.5) is 5.13 Å². The standard InChI is InChI=1S/C23H20BrN5OS2/c1-3-11-29-21(17-6-4-5-15(2)12-17)27-28-23(29)32-14-20(30)26-22-25-19(13-31-22)16-7-9-18(24)10-8-16/h3-10,12-13H,1,11,14H2,2H3,(H,25,26,30). The minimum atomic E-state index is -0.142. The van der Waals surface area contributed by atoms with Crippen molar-refractivity contribution in [2.45, 2.75) is 18.6 Å². The van der Waals surface area contributed by atoms with Crippen LogP contribution in [0.3, 0.4) is 0 Å². The molecule has 1 amide bonds. The van der Waals surface area contributed by atoms with E-state index in [1.807, 2.05) is 59.3 Å². The molecule has 0 fully saturated rings. The van der Waals surface area contributed by atoms with Gasteiger partial charge in [-0.05, 0) is 25.1 Å². The Morgan fingerprint density at radius 3 is 2.78 bits per heavy atom. The highest BCUT2D eigenvalue weighted by atomic mass is 79.9. The van der Waals surface area contributed by atoms with Crippen LogP contribution in [0.5, 0.6) is 0 Å². The van der Waals surface area contributed by atoms with Crippen LogP contribution in [0.1, 0.15) is 5.56 Å². The number of halogens is 1. The lowest BCUT2D eigenvalue weighted by Crippen LogP contribution is -2.14. The highest BCUT2D eigenvalue weighted by Crippen LogP contribution is 2.27. The summed E-state index contributed by atoms with van der Waals surface area (Å²) < 4.78 is 2.98. The monoisotopic (exact) mass is 525 g/mol. The van der Waals surface area contributed by atoms with E-state index in [1.54, 1.807) is 6.08 Å². The molecule has 0 aliphatic carbocycles. The van der Waals surface area contributed by atoms with Crippen molar-refractivity contribution in [1.29, 1.82) is 0 Å². The second kappa shape index (κ2) is 10.2. The van der Waals surface area contributed by atoms with Crippen LogP contribution in [0.2, 0.25) is 0 Å². The van der Waals surface area contributed by atoms with E-state index in [4.69, 9.17) is 0 Å². The number of allylic oxidation sites excluding steroid dienone is 1. The van der Waals surface area contributed by atoms with E-state index in [9.17, 15) is 4.79 Å². The van der Waals surface area contributed by atoms with Crippen molar-refractivity contribution in [1.82, 2.24) is 19.7 Å². The van der Waals surface area contributed by atoms with Crippen LogP contribution in [0.25, 0.3) is 22.6 Å². The topological polar surface area (TPSA) is 72.7 Å². The first-order chi connectivity index (χ1) is 15.5. The van der Waals surface area contributed by atoms with E-state index in [-0.39, 0.29) is 11.7 Å². The summed E-state index contributed by atoms with van der Waals surface area (Å²) in [6.45, 7) is 6.44. The molecule has 0 aliphatic rings. The number of thioether (sulfide) groups is 1. The van der Waals surface area contributed by atoms with Gasteiger partial charge in [0.25, 0.3) is 0 Å². The molecule has 2 heterocycles. The van der Waals surface area contributed by atoms with E-state index in [2.05, 4.69) is 49.1 Å². The lowest BCUT2D eigenvalue weighted by atomic mass is 10.1. The van der Waals surface area contributed by atoms with Crippen molar-refractivity contribution in [2.75, 3.05) is 11.1 Å². The molecule has 4 aromatic rings. The average molecular weight is 526 g/mol. The van der Waals surface area contributed by atoms with Gasteiger partial charge in [0.05, 0.1) is 11.4 Å². The van der Waals surface area contributed by atoms with E-state index >= 15 is 0 Å². The Bertz CT molecular complexity index is 1250. The zero-order chi connectivity index (χ0) is 22.5. The Kier molecular flexibility index (Phi) is 7.19. The number of aromatic nitrogens is 4. The fourth-order valence-electron chi connectivity index (χ4n) is 3.06. The fraction of sp³-hybridized carbons (Fsp3) is 0.130. The second-order valence-electron chi connectivity index (χ2n) is 6.96. The van der Waals surface area contributed by atoms with Crippen LogP contribution < -0.4 is 5.32 Å². The Morgan fingerprint density at radius 2 is 2.03 bits per heavy atom. The molecule has 2 aromatic carbocycles. The maximum absolute atomic E-state index is 12.5. The molecular weight excluding hydrogens is 506 g/mol. The van der Waals surface area contributed by atoms with Crippen LogP contribution in [-0.4, -0.2) is 31.4 Å². The molecule has 162 valence electrons. The van der Waals surface area contributed by atoms with E-state index in [0.717, 1.165) is 32.7 Å². The van der Waals surface area contributed by atoms with Crippen molar-refractivity contribution in [3.8, 4) is 22.6 Å². The summed E-state index contributed by atoms with van der Waals surface area (Å²) >= 11 is 6.17. The van der Waals surface area contributed by atoms with Crippen LogP contribution in [-0.2, 0) is 11.3 Å². The summed E-state index contributed by atoms with van der Waals surface area (Å²) in [5, 5.41) is 14.7. The van der Waals surface area contributed by atoms with Crippen molar-refractivity contribution in [2.24, 2.45) is 0 Å². The Balaban J connectivity index is 1.42. The number of hydrogen-bond donors (Lipinski definition) is 1. The molecule has 6 nitrogen and oxygen atoms in total. The third-order valence-electron chi connectivity index (χ3n) is 4.53. The molecule has 0 saturated carbocycles. The maximum atomic E-state index is 12.5. The van der Waals surface area contributed by atoms with Gasteiger partial charge in [-0.25, -0.2) is 4.98 Å². The second-order valence-corrected chi connectivity index (χ2v) is 9.67. The van der Waals surface area contributed by atoms with E-state index in [0.29, 0.717) is 16.8 Å². The zero-order valence-electron chi connectivity index (χ0n) is 17.3. The third-order valence-corrected chi connectivity index (χ3v) is 6.78. The molecule has 0 radical (unpaired) electrons. The van der Waals surface area contributed by atoms with Gasteiger partial charge in [0.1, 0.15) is 0 Å². The van der Waals surface area contributed by atoms with Gasteiger partial charge in [0, 0.05) is 27.5 Å². The first kappa shape index (κ1) is 22.4. The van der Waals surface area contributed by atoms with E-state index < -0.39 is 0 Å². The molecule has 4 rings (SSSR count). The minimum Gasteiger partial charge on any atom is -0.301 e. The minimum absolute atomic E-state index is 0.142. The maximum Gasteiger partial charge on any atom is 0.236 e. The molecule has 0 aliphatic heterocycles. The third kappa shape index (κ3) is 5.35. The van der Waals surface area contributed by atoms with Crippen molar-refractivity contribution in [3.05, 3.63) is 76.6 Å². The van der Waals surface area contributed by atoms with E-state index in [1.165, 1.54) is 23.1 Å². The molecule has 0 bridgehead atoms. The predicted octanol–water partition coefficient (Wildman–Crippen LogP) is 6.06. The van der Waals surface area contributed by atoms with Gasteiger partial charge in [0.15, 0.2) is 16.1 Å². The summed E-state index contributed by atoms with van der Waals surface area (Å²) in [4.78, 5) is 17.0. The van der Waals surface area contributed by atoms with Crippen LogP contribution in [0.15, 0.2) is 76.2 Å². The number of aryl methyl sites for hydroxylation is 1. The number of amides is 1. The molecule has 32 heavy (non-hydrogen) atoms. The first-order valence-corrected chi connectivity index (χ1v) is 12.4. The molecule has 0 unspecified atom stereocenters. The van der Waals surface area contributed by atoms with Crippen molar-refractivity contribution in [3.63, 3.8) is 0 Å². The number of thiazole rings is 1. The number of anilines is 1. The highest BCUT2D eigenvalue weighted by molar-refractivity contribution is 9.10. The lowest BCUT2D eigenvalue weighted by molar-refractivity contribution is -0.113. The zero-order valence-corrected chi connectivity index (χ0v) is 20.5. The molecule has 0 atom stereocenters. The highest BCUT2D eigenvalue weighted by Gasteiger charge is 2.16. The van der Waals surface area contributed by atoms with Gasteiger partial charge in [0.2, 0.25) is 5.91 Å². The Hall–Kier alpha value is -2.75. The van der Waals surface area contributed by atoms with Gasteiger partial charge < -0.3 is 5.32 Å². The fourth-order valence-corrected chi connectivity index (χ4v) is 4.80. The van der Waals surface area contributed by atoms with Gasteiger partial charge in [-0.15, -0.1) is 28.1 Å². The number of benzene rings is 2. The number of nitrogens with one attached hydrogen (secondary N) is 1. The number of hydrogen-bond acceptors (Lipinski definition) is 6. The van der Waals surface area contributed by atoms with Gasteiger partial charge in [-0.3, -0.25) is 9.36 Å². The predicted molar refractivity (Wildman–Crippen MR) is 135 cm³/mol. The Labute approximate surface area is 202 Å². The summed E-state index contributed by atoms with van der Waals surface area (Å²) in [7, 11) is 0. The van der Waals surface area contributed by atoms with Crippen LogP contribution >= 0.6 is 39.0 Å². The smallest absolute Gasteiger partial charge is 0.236 e. The molecule has 1 N–H and O–H groups in total. The largest absolute Gasteiger partial charge is 0.301 e. The summed E-state index contributed by atoms with van der Waals surface area (Å²) in [5.41, 5.74) is 3.97. The molecule has 2 aromatic heterocycles. The number of nitrogens with zero attached hydrogens (tertiary/aromatic N) is 4. The van der Waals surface area contributed by atoms with Crippen LogP contribution in [0, 0.1) is 6.92 Å². The Morgan fingerprint density at radius 1 is 1.22 bits per heavy atom. The number of carbonyl (C=O) groups excluding carboxylic acids is 1. The van der Waals surface area contributed by atoms with Gasteiger partial charge in [-0.1, -0.05) is 69.7 Å². The summed E-state index contributed by atoms with van der Waals surface area (Å²) in [5.74, 6) is 0.823.